The zero-order valence-electron chi connectivity index (χ0n) is 10.3. The van der Waals surface area contributed by atoms with Gasteiger partial charge in [-0.25, -0.2) is 0 Å². The fourth-order valence-corrected chi connectivity index (χ4v) is 2.51. The van der Waals surface area contributed by atoms with Crippen molar-refractivity contribution in [2.24, 2.45) is 0 Å². The van der Waals surface area contributed by atoms with Crippen LogP contribution < -0.4 is 10.6 Å². The van der Waals surface area contributed by atoms with E-state index in [1.807, 2.05) is 18.2 Å². The van der Waals surface area contributed by atoms with Crippen molar-refractivity contribution in [3.63, 3.8) is 0 Å². The largest absolute Gasteiger partial charge is 0.358 e. The molecule has 0 aliphatic rings. The summed E-state index contributed by atoms with van der Waals surface area (Å²) in [4.78, 5) is 12.3. The van der Waals surface area contributed by atoms with E-state index in [2.05, 4.69) is 34.2 Å². The molecule has 4 heteroatoms. The number of rotatable bonds is 5. The normalized spacial score (nSPS) is 10.3. The number of benzene rings is 1. The molecule has 94 valence electrons. The van der Waals surface area contributed by atoms with Crippen LogP contribution in [0.15, 0.2) is 41.8 Å². The minimum Gasteiger partial charge on any atom is -0.358 e. The van der Waals surface area contributed by atoms with E-state index in [0.717, 1.165) is 6.54 Å². The third kappa shape index (κ3) is 3.42. The first-order valence-corrected chi connectivity index (χ1v) is 6.71. The Morgan fingerprint density at radius 1 is 1.22 bits per heavy atom. The summed E-state index contributed by atoms with van der Waals surface area (Å²) in [6.07, 6.45) is 0. The lowest BCUT2D eigenvalue weighted by Gasteiger charge is -2.01. The predicted molar refractivity (Wildman–Crippen MR) is 75.5 cm³/mol. The maximum atomic E-state index is 11.1. The molecule has 0 aliphatic heterocycles. The quantitative estimate of drug-likeness (QED) is 0.865. The minimum absolute atomic E-state index is 0.00911. The van der Waals surface area contributed by atoms with E-state index in [1.54, 1.807) is 18.4 Å². The van der Waals surface area contributed by atoms with Crippen molar-refractivity contribution in [3.05, 3.63) is 46.7 Å². The molecule has 1 amide bonds. The first kappa shape index (κ1) is 12.8. The van der Waals surface area contributed by atoms with Crippen LogP contribution in [-0.2, 0) is 11.3 Å². The number of amides is 1. The van der Waals surface area contributed by atoms with Crippen molar-refractivity contribution in [2.75, 3.05) is 13.6 Å². The number of thiophene rings is 1. The summed E-state index contributed by atoms with van der Waals surface area (Å²) >= 11 is 1.71. The topological polar surface area (TPSA) is 41.1 Å². The van der Waals surface area contributed by atoms with Gasteiger partial charge < -0.3 is 10.6 Å². The van der Waals surface area contributed by atoms with Gasteiger partial charge in [-0.2, -0.15) is 0 Å². The fraction of sp³-hybridized carbons (Fsp3) is 0.214. The molecule has 1 aromatic heterocycles. The average Bonchev–Trinajstić information content (AvgIpc) is 2.88. The Hall–Kier alpha value is -1.65. The van der Waals surface area contributed by atoms with Gasteiger partial charge in [0.1, 0.15) is 0 Å². The summed E-state index contributed by atoms with van der Waals surface area (Å²) in [6.45, 7) is 1.08. The number of hydrogen-bond acceptors (Lipinski definition) is 3. The number of likely N-dealkylation sites (N-methyl/N-ethyl adjacent to an activating group) is 1. The summed E-state index contributed by atoms with van der Waals surface area (Å²) in [5.74, 6) is 0.00911. The second-order valence-electron chi connectivity index (χ2n) is 3.94. The average molecular weight is 260 g/mol. The highest BCUT2D eigenvalue weighted by Crippen LogP contribution is 2.25. The molecule has 2 aromatic rings. The molecule has 0 fully saturated rings. The monoisotopic (exact) mass is 260 g/mol. The molecule has 1 aromatic carbocycles. The summed E-state index contributed by atoms with van der Waals surface area (Å²) in [5.41, 5.74) is 2.46. The van der Waals surface area contributed by atoms with Gasteiger partial charge in [0.05, 0.1) is 6.54 Å². The van der Waals surface area contributed by atoms with Crippen molar-refractivity contribution in [3.8, 4) is 11.1 Å². The zero-order chi connectivity index (χ0) is 12.8. The van der Waals surface area contributed by atoms with Crippen molar-refractivity contribution >= 4 is 17.2 Å². The van der Waals surface area contributed by atoms with Crippen molar-refractivity contribution in [1.29, 1.82) is 0 Å². The van der Waals surface area contributed by atoms with E-state index in [9.17, 15) is 4.79 Å². The van der Waals surface area contributed by atoms with Gasteiger partial charge in [-0.1, -0.05) is 30.3 Å². The molecule has 0 saturated carbocycles. The summed E-state index contributed by atoms with van der Waals surface area (Å²) in [5, 5.41) is 7.84. The molecule has 2 N–H and O–H groups in total. The molecule has 0 bridgehead atoms. The van der Waals surface area contributed by atoms with Gasteiger partial charge in [0.2, 0.25) is 5.91 Å². The van der Waals surface area contributed by atoms with E-state index >= 15 is 0 Å². The van der Waals surface area contributed by atoms with Crippen LogP contribution in [0, 0.1) is 0 Å². The number of carbonyl (C=O) groups is 1. The predicted octanol–water partition coefficient (Wildman–Crippen LogP) is 2.25. The van der Waals surface area contributed by atoms with Crippen LogP contribution in [0.4, 0.5) is 0 Å². The maximum Gasteiger partial charge on any atom is 0.233 e. The van der Waals surface area contributed by atoms with Crippen LogP contribution in [-0.4, -0.2) is 19.5 Å². The van der Waals surface area contributed by atoms with E-state index in [-0.39, 0.29) is 5.91 Å². The lowest BCUT2D eigenvalue weighted by molar-refractivity contribution is -0.119. The van der Waals surface area contributed by atoms with E-state index in [0.29, 0.717) is 6.54 Å². The Bertz CT molecular complexity index is 508. The number of hydrogen-bond donors (Lipinski definition) is 2. The van der Waals surface area contributed by atoms with Gasteiger partial charge >= 0.3 is 0 Å². The maximum absolute atomic E-state index is 11.1. The Morgan fingerprint density at radius 2 is 2.00 bits per heavy atom. The Balaban J connectivity index is 1.93. The molecule has 0 saturated heterocycles. The highest BCUT2D eigenvalue weighted by atomic mass is 32.1. The first-order valence-electron chi connectivity index (χ1n) is 5.83. The van der Waals surface area contributed by atoms with Gasteiger partial charge in [0, 0.05) is 18.5 Å². The SMILES string of the molecule is CNC(=O)CNCc1cc(-c2ccccc2)cs1. The molecule has 0 spiro atoms. The number of nitrogens with one attached hydrogen (secondary N) is 2. The van der Waals surface area contributed by atoms with Gasteiger partial charge in [-0.3, -0.25) is 4.79 Å². The van der Waals surface area contributed by atoms with Gasteiger partial charge in [0.25, 0.3) is 0 Å². The third-order valence-corrected chi connectivity index (χ3v) is 3.56. The Labute approximate surface area is 111 Å². The standard InChI is InChI=1S/C14H16N2OS/c1-15-14(17)9-16-8-13-7-12(10-18-13)11-5-3-2-4-6-11/h2-7,10,16H,8-9H2,1H3,(H,15,17). The molecule has 0 atom stereocenters. The summed E-state index contributed by atoms with van der Waals surface area (Å²) < 4.78 is 0. The zero-order valence-corrected chi connectivity index (χ0v) is 11.1. The summed E-state index contributed by atoms with van der Waals surface area (Å²) in [6, 6.07) is 12.5. The molecule has 2 rings (SSSR count). The van der Waals surface area contributed by atoms with Gasteiger partial charge in [0.15, 0.2) is 0 Å². The van der Waals surface area contributed by atoms with E-state index in [4.69, 9.17) is 0 Å². The molecular formula is C14H16N2OS. The molecule has 3 nitrogen and oxygen atoms in total. The van der Waals surface area contributed by atoms with Crippen LogP contribution in [0.1, 0.15) is 4.88 Å². The van der Waals surface area contributed by atoms with Crippen molar-refractivity contribution in [2.45, 2.75) is 6.54 Å². The van der Waals surface area contributed by atoms with Crippen molar-refractivity contribution < 1.29 is 4.79 Å². The van der Waals surface area contributed by atoms with Gasteiger partial charge in [-0.05, 0) is 22.6 Å². The fourth-order valence-electron chi connectivity index (χ4n) is 1.64. The highest BCUT2D eigenvalue weighted by molar-refractivity contribution is 7.10. The van der Waals surface area contributed by atoms with Crippen LogP contribution in [0.5, 0.6) is 0 Å². The Morgan fingerprint density at radius 3 is 2.72 bits per heavy atom. The third-order valence-electron chi connectivity index (χ3n) is 2.62. The lowest BCUT2D eigenvalue weighted by atomic mass is 10.1. The van der Waals surface area contributed by atoms with E-state index < -0.39 is 0 Å². The second kappa shape index (κ2) is 6.33. The van der Waals surface area contributed by atoms with E-state index in [1.165, 1.54) is 16.0 Å². The molecule has 0 radical (unpaired) electrons. The first-order chi connectivity index (χ1) is 8.79. The Kier molecular flexibility index (Phi) is 4.50. The molecule has 1 heterocycles. The number of carbonyl (C=O) groups excluding carboxylic acids is 1. The van der Waals surface area contributed by atoms with Crippen LogP contribution >= 0.6 is 11.3 Å². The van der Waals surface area contributed by atoms with Gasteiger partial charge in [-0.15, -0.1) is 11.3 Å². The van der Waals surface area contributed by atoms with Crippen LogP contribution in [0.2, 0.25) is 0 Å². The summed E-state index contributed by atoms with van der Waals surface area (Å²) in [7, 11) is 1.64. The minimum atomic E-state index is 0.00911. The second-order valence-corrected chi connectivity index (χ2v) is 4.94. The smallest absolute Gasteiger partial charge is 0.233 e. The lowest BCUT2D eigenvalue weighted by Crippen LogP contribution is -2.30. The molecule has 18 heavy (non-hydrogen) atoms. The highest BCUT2D eigenvalue weighted by Gasteiger charge is 2.02. The molecule has 0 unspecified atom stereocenters. The van der Waals surface area contributed by atoms with Crippen LogP contribution in [0.25, 0.3) is 11.1 Å². The molecular weight excluding hydrogens is 244 g/mol. The van der Waals surface area contributed by atoms with Crippen LogP contribution in [0.3, 0.4) is 0 Å². The molecule has 0 aliphatic carbocycles. The van der Waals surface area contributed by atoms with Crippen molar-refractivity contribution in [1.82, 2.24) is 10.6 Å².